The zero-order chi connectivity index (χ0) is 13.1. The number of nitrogens with one attached hydrogen (secondary N) is 1. The van der Waals surface area contributed by atoms with Crippen LogP contribution in [0, 0.1) is 12.3 Å². The van der Waals surface area contributed by atoms with E-state index < -0.39 is 5.41 Å². The molecule has 0 saturated heterocycles. The van der Waals surface area contributed by atoms with E-state index in [1.165, 1.54) is 11.3 Å². The fourth-order valence-corrected chi connectivity index (χ4v) is 1.95. The van der Waals surface area contributed by atoms with E-state index in [1.54, 1.807) is 19.9 Å². The number of thiophene rings is 1. The number of carbonyl (C=O) groups excluding carboxylic acids is 1. The molecule has 0 spiro atoms. The van der Waals surface area contributed by atoms with E-state index in [2.05, 4.69) is 10.5 Å². The molecule has 1 aromatic rings. The SMILES string of the molecule is Cc1ccc(C(=O)NCC(C)(C)/C(N)=N/O)s1. The number of carbonyl (C=O) groups is 1. The maximum atomic E-state index is 11.8. The minimum atomic E-state index is -0.573. The van der Waals surface area contributed by atoms with Crippen LogP contribution in [0.1, 0.15) is 28.4 Å². The van der Waals surface area contributed by atoms with Gasteiger partial charge in [-0.15, -0.1) is 11.3 Å². The molecule has 0 unspecified atom stereocenters. The summed E-state index contributed by atoms with van der Waals surface area (Å²) < 4.78 is 0. The summed E-state index contributed by atoms with van der Waals surface area (Å²) in [5.41, 5.74) is 4.96. The first kappa shape index (κ1) is 13.5. The fraction of sp³-hybridized carbons (Fsp3) is 0.455. The van der Waals surface area contributed by atoms with Gasteiger partial charge in [0.05, 0.1) is 4.88 Å². The summed E-state index contributed by atoms with van der Waals surface area (Å²) in [6.45, 7) is 5.85. The van der Waals surface area contributed by atoms with Crippen LogP contribution >= 0.6 is 11.3 Å². The molecule has 0 fully saturated rings. The molecule has 0 atom stereocenters. The molecule has 0 aliphatic rings. The van der Waals surface area contributed by atoms with Gasteiger partial charge in [-0.3, -0.25) is 4.79 Å². The van der Waals surface area contributed by atoms with Crippen LogP contribution < -0.4 is 11.1 Å². The van der Waals surface area contributed by atoms with E-state index >= 15 is 0 Å². The lowest BCUT2D eigenvalue weighted by atomic mass is 9.92. The smallest absolute Gasteiger partial charge is 0.261 e. The van der Waals surface area contributed by atoms with Gasteiger partial charge in [0.1, 0.15) is 5.84 Å². The van der Waals surface area contributed by atoms with E-state index in [-0.39, 0.29) is 11.7 Å². The summed E-state index contributed by atoms with van der Waals surface area (Å²) in [6.07, 6.45) is 0. The molecule has 1 rings (SSSR count). The Labute approximate surface area is 104 Å². The van der Waals surface area contributed by atoms with E-state index in [1.807, 2.05) is 13.0 Å². The van der Waals surface area contributed by atoms with Gasteiger partial charge in [0, 0.05) is 16.8 Å². The molecule has 0 aliphatic heterocycles. The van der Waals surface area contributed by atoms with Crippen LogP contribution in [0.2, 0.25) is 0 Å². The Morgan fingerprint density at radius 2 is 2.24 bits per heavy atom. The molecular weight excluding hydrogens is 238 g/mol. The van der Waals surface area contributed by atoms with Gasteiger partial charge in [-0.1, -0.05) is 19.0 Å². The fourth-order valence-electron chi connectivity index (χ4n) is 1.17. The maximum absolute atomic E-state index is 11.8. The summed E-state index contributed by atoms with van der Waals surface area (Å²) in [6, 6.07) is 3.68. The Bertz CT molecular complexity index is 438. The molecule has 1 amide bonds. The van der Waals surface area contributed by atoms with E-state index in [4.69, 9.17) is 10.9 Å². The van der Waals surface area contributed by atoms with Gasteiger partial charge in [0.15, 0.2) is 0 Å². The predicted octanol–water partition coefficient (Wildman–Crippen LogP) is 1.56. The minimum Gasteiger partial charge on any atom is -0.409 e. The van der Waals surface area contributed by atoms with E-state index in [9.17, 15) is 4.79 Å². The molecule has 0 saturated carbocycles. The first-order valence-corrected chi connectivity index (χ1v) is 6.01. The third-order valence-corrected chi connectivity index (χ3v) is 3.46. The predicted molar refractivity (Wildman–Crippen MR) is 68.6 cm³/mol. The van der Waals surface area contributed by atoms with Crippen molar-refractivity contribution in [2.45, 2.75) is 20.8 Å². The molecule has 0 aliphatic carbocycles. The molecule has 94 valence electrons. The Morgan fingerprint density at radius 1 is 1.59 bits per heavy atom. The minimum absolute atomic E-state index is 0.0974. The van der Waals surface area contributed by atoms with Crippen LogP contribution in [0.4, 0.5) is 0 Å². The van der Waals surface area contributed by atoms with Gasteiger partial charge in [-0.2, -0.15) is 0 Å². The van der Waals surface area contributed by atoms with Crippen molar-refractivity contribution in [3.8, 4) is 0 Å². The Morgan fingerprint density at radius 3 is 2.71 bits per heavy atom. The van der Waals surface area contributed by atoms with Gasteiger partial charge in [-0.25, -0.2) is 0 Å². The normalized spacial score (nSPS) is 12.5. The zero-order valence-corrected chi connectivity index (χ0v) is 11.0. The van der Waals surface area contributed by atoms with E-state index in [0.29, 0.717) is 11.4 Å². The standard InChI is InChI=1S/C11H17N3O2S/c1-7-4-5-8(17-7)9(15)13-6-11(2,3)10(12)14-16/h4-5,16H,6H2,1-3H3,(H2,12,14)(H,13,15). The number of nitrogens with two attached hydrogens (primary N) is 1. The van der Waals surface area contributed by atoms with Crippen molar-refractivity contribution in [2.24, 2.45) is 16.3 Å². The summed E-state index contributed by atoms with van der Waals surface area (Å²) in [5, 5.41) is 14.3. The van der Waals surface area contributed by atoms with Crippen LogP contribution in [-0.2, 0) is 0 Å². The second kappa shape index (κ2) is 5.18. The number of hydrogen-bond donors (Lipinski definition) is 3. The largest absolute Gasteiger partial charge is 0.409 e. The quantitative estimate of drug-likeness (QED) is 0.330. The van der Waals surface area contributed by atoms with Crippen LogP contribution in [0.3, 0.4) is 0 Å². The van der Waals surface area contributed by atoms with Crippen molar-refractivity contribution in [2.75, 3.05) is 6.54 Å². The molecule has 5 nitrogen and oxygen atoms in total. The van der Waals surface area contributed by atoms with Gasteiger partial charge in [-0.05, 0) is 19.1 Å². The molecule has 17 heavy (non-hydrogen) atoms. The summed E-state index contributed by atoms with van der Waals surface area (Å²) in [5.74, 6) is -0.0397. The van der Waals surface area contributed by atoms with Gasteiger partial charge in [0.25, 0.3) is 5.91 Å². The highest BCUT2D eigenvalue weighted by atomic mass is 32.1. The van der Waals surface area contributed by atoms with Gasteiger partial charge < -0.3 is 16.3 Å². The van der Waals surface area contributed by atoms with Crippen molar-refractivity contribution in [3.05, 3.63) is 21.9 Å². The van der Waals surface area contributed by atoms with E-state index in [0.717, 1.165) is 4.88 Å². The molecule has 1 aromatic heterocycles. The molecule has 6 heteroatoms. The molecule has 4 N–H and O–H groups in total. The van der Waals surface area contributed by atoms with Crippen molar-refractivity contribution in [1.29, 1.82) is 0 Å². The second-order valence-electron chi connectivity index (χ2n) is 4.46. The summed E-state index contributed by atoms with van der Waals surface area (Å²) in [4.78, 5) is 13.5. The lowest BCUT2D eigenvalue weighted by Gasteiger charge is -2.22. The molecule has 0 bridgehead atoms. The van der Waals surface area contributed by atoms with Crippen molar-refractivity contribution in [1.82, 2.24) is 5.32 Å². The van der Waals surface area contributed by atoms with Crippen LogP contribution in [-0.4, -0.2) is 23.5 Å². The third kappa shape index (κ3) is 3.45. The van der Waals surface area contributed by atoms with Crippen LogP contribution in [0.25, 0.3) is 0 Å². The van der Waals surface area contributed by atoms with Crippen molar-refractivity contribution in [3.63, 3.8) is 0 Å². The van der Waals surface area contributed by atoms with Crippen molar-refractivity contribution >= 4 is 23.1 Å². The number of amides is 1. The zero-order valence-electron chi connectivity index (χ0n) is 10.2. The van der Waals surface area contributed by atoms with Gasteiger partial charge in [0.2, 0.25) is 0 Å². The molecule has 0 radical (unpaired) electrons. The Balaban J connectivity index is 2.60. The molecule has 0 aromatic carbocycles. The number of amidine groups is 1. The van der Waals surface area contributed by atoms with Crippen LogP contribution in [0.5, 0.6) is 0 Å². The topological polar surface area (TPSA) is 87.7 Å². The number of nitrogens with zero attached hydrogens (tertiary/aromatic N) is 1. The Hall–Kier alpha value is -1.56. The average molecular weight is 255 g/mol. The number of hydrogen-bond acceptors (Lipinski definition) is 4. The molecule has 1 heterocycles. The van der Waals surface area contributed by atoms with Crippen LogP contribution in [0.15, 0.2) is 17.3 Å². The monoisotopic (exact) mass is 255 g/mol. The summed E-state index contributed by atoms with van der Waals surface area (Å²) >= 11 is 1.44. The number of aryl methyl sites for hydroxylation is 1. The lowest BCUT2D eigenvalue weighted by Crippen LogP contribution is -2.42. The second-order valence-corrected chi connectivity index (χ2v) is 5.75. The lowest BCUT2D eigenvalue weighted by molar-refractivity contribution is 0.0948. The van der Waals surface area contributed by atoms with Gasteiger partial charge >= 0.3 is 0 Å². The maximum Gasteiger partial charge on any atom is 0.261 e. The highest BCUT2D eigenvalue weighted by molar-refractivity contribution is 7.13. The first-order valence-electron chi connectivity index (χ1n) is 5.19. The van der Waals surface area contributed by atoms with Crippen molar-refractivity contribution < 1.29 is 10.0 Å². The first-order chi connectivity index (χ1) is 7.86. The summed E-state index contributed by atoms with van der Waals surface area (Å²) in [7, 11) is 0. The highest BCUT2D eigenvalue weighted by Gasteiger charge is 2.24. The number of oxime groups is 1. The average Bonchev–Trinajstić information content (AvgIpc) is 2.71. The highest BCUT2D eigenvalue weighted by Crippen LogP contribution is 2.17. The number of rotatable bonds is 4. The third-order valence-electron chi connectivity index (χ3n) is 2.46. The Kier molecular flexibility index (Phi) is 4.11. The molecular formula is C11H17N3O2S.